The van der Waals surface area contributed by atoms with Crippen LogP contribution in [-0.4, -0.2) is 61.7 Å². The van der Waals surface area contributed by atoms with Crippen molar-refractivity contribution < 1.29 is 20.2 Å². The maximum absolute atomic E-state index is 10.4. The largest absolute Gasteiger partial charge is 0.394 e. The molecule has 2 aromatic heterocycles. The minimum atomic E-state index is -1.66. The molecule has 1 fully saturated rings. The van der Waals surface area contributed by atoms with Crippen molar-refractivity contribution in [2.45, 2.75) is 49.9 Å². The number of aliphatic hydroxyl groups excluding tert-OH is 2. The Kier molecular flexibility index (Phi) is 5.24. The summed E-state index contributed by atoms with van der Waals surface area (Å²) in [6.45, 7) is 7.65. The number of aromatic nitrogens is 3. The third-order valence-electron chi connectivity index (χ3n) is 4.44. The number of nitrogens with zero attached hydrogens (tertiary/aromatic N) is 3. The van der Waals surface area contributed by atoms with Gasteiger partial charge in [-0.15, -0.1) is 17.1 Å². The molecule has 3 rings (SSSR count). The predicted molar refractivity (Wildman–Crippen MR) is 104 cm³/mol. The molecule has 1 aliphatic rings. The van der Waals surface area contributed by atoms with Gasteiger partial charge in [-0.2, -0.15) is 0 Å². The van der Waals surface area contributed by atoms with Crippen molar-refractivity contribution in [1.82, 2.24) is 14.5 Å². The molecule has 0 bridgehead atoms. The minimum Gasteiger partial charge on any atom is -0.394 e. The normalized spacial score (nSPS) is 28.2. The summed E-state index contributed by atoms with van der Waals surface area (Å²) in [6, 6.07) is 0. The number of alkyl halides is 1. The van der Waals surface area contributed by atoms with Crippen LogP contribution in [0.4, 0.5) is 5.82 Å². The lowest BCUT2D eigenvalue weighted by Gasteiger charge is -2.26. The van der Waals surface area contributed by atoms with Gasteiger partial charge in [0.05, 0.1) is 17.6 Å². The Hall–Kier alpha value is -1.67. The van der Waals surface area contributed by atoms with Crippen LogP contribution in [-0.2, 0) is 4.74 Å². The summed E-state index contributed by atoms with van der Waals surface area (Å²) in [7, 11) is -1.66. The first kappa shape index (κ1) is 20.1. The lowest BCUT2D eigenvalue weighted by molar-refractivity contribution is -0.0439. The van der Waals surface area contributed by atoms with Gasteiger partial charge in [0.15, 0.2) is 12.0 Å². The van der Waals surface area contributed by atoms with Gasteiger partial charge in [-0.05, 0) is 6.92 Å². The van der Waals surface area contributed by atoms with Crippen molar-refractivity contribution in [1.29, 1.82) is 0 Å². The van der Waals surface area contributed by atoms with Gasteiger partial charge in [0.2, 0.25) is 0 Å². The first-order valence-corrected chi connectivity index (χ1v) is 12.4. The highest BCUT2D eigenvalue weighted by Crippen LogP contribution is 2.45. The summed E-state index contributed by atoms with van der Waals surface area (Å²) in [4.78, 5) is 7.16. The molecule has 0 spiro atoms. The standard InChI is InChI=1S/C17H23ClN4O4Si/c1-17(18)13(24)11(8-23)26-16(17)22-7-10(5-6-27(2,3)4)12-14(21-25)19-9-20-15(12)22/h7,9,11,13,16,23-25H,8H2,1-4H3,(H,19,20,21)/t11?,13?,16-,17-/m1/s1. The highest BCUT2D eigenvalue weighted by atomic mass is 35.5. The molecule has 0 aliphatic carbocycles. The monoisotopic (exact) mass is 410 g/mol. The molecule has 1 aliphatic heterocycles. The maximum atomic E-state index is 10.4. The van der Waals surface area contributed by atoms with Gasteiger partial charge >= 0.3 is 0 Å². The molecule has 2 aromatic rings. The fourth-order valence-electron chi connectivity index (χ4n) is 3.06. The Bertz CT molecular complexity index is 915. The molecule has 3 heterocycles. The molecule has 10 heteroatoms. The highest BCUT2D eigenvalue weighted by Gasteiger charge is 2.53. The van der Waals surface area contributed by atoms with E-state index in [0.717, 1.165) is 0 Å². The molecule has 4 atom stereocenters. The molecule has 0 amide bonds. The Morgan fingerprint density at radius 2 is 2.11 bits per heavy atom. The zero-order chi connectivity index (χ0) is 20.0. The van der Waals surface area contributed by atoms with Gasteiger partial charge in [-0.1, -0.05) is 25.6 Å². The number of fused-ring (bicyclic) bond motifs is 1. The number of anilines is 1. The first-order valence-electron chi connectivity index (χ1n) is 8.52. The summed E-state index contributed by atoms with van der Waals surface area (Å²) in [6.07, 6.45) is 0.348. The average molecular weight is 411 g/mol. The van der Waals surface area contributed by atoms with Gasteiger partial charge in [0.1, 0.15) is 37.1 Å². The van der Waals surface area contributed by atoms with Crippen molar-refractivity contribution >= 4 is 36.5 Å². The fourth-order valence-corrected chi connectivity index (χ4v) is 3.87. The Morgan fingerprint density at radius 3 is 2.67 bits per heavy atom. The van der Waals surface area contributed by atoms with E-state index in [-0.39, 0.29) is 12.4 Å². The number of aliphatic hydroxyl groups is 2. The zero-order valence-corrected chi connectivity index (χ0v) is 17.3. The quantitative estimate of drug-likeness (QED) is 0.263. The lowest BCUT2D eigenvalue weighted by Crippen LogP contribution is -2.39. The maximum Gasteiger partial charge on any atom is 0.163 e. The van der Waals surface area contributed by atoms with Crippen LogP contribution in [0.25, 0.3) is 11.0 Å². The molecule has 2 unspecified atom stereocenters. The van der Waals surface area contributed by atoms with Crippen molar-refractivity contribution in [2.24, 2.45) is 0 Å². The molecular formula is C17H23ClN4O4Si. The topological polar surface area (TPSA) is 113 Å². The molecule has 146 valence electrons. The van der Waals surface area contributed by atoms with E-state index in [4.69, 9.17) is 16.3 Å². The zero-order valence-electron chi connectivity index (χ0n) is 15.6. The third-order valence-corrected chi connectivity index (χ3v) is 5.72. The summed E-state index contributed by atoms with van der Waals surface area (Å²) in [5.74, 6) is 3.37. The third kappa shape index (κ3) is 3.56. The average Bonchev–Trinajstić information content (AvgIpc) is 3.08. The van der Waals surface area contributed by atoms with Crippen LogP contribution >= 0.6 is 11.6 Å². The fraction of sp³-hybridized carbons (Fsp3) is 0.529. The Labute approximate surface area is 163 Å². The second-order valence-electron chi connectivity index (χ2n) is 7.79. The predicted octanol–water partition coefficient (Wildman–Crippen LogP) is 1.71. The number of rotatable bonds is 3. The summed E-state index contributed by atoms with van der Waals surface area (Å²) >= 11 is 6.58. The van der Waals surface area contributed by atoms with Crippen LogP contribution in [0.1, 0.15) is 18.7 Å². The second kappa shape index (κ2) is 7.05. The van der Waals surface area contributed by atoms with E-state index in [2.05, 4.69) is 46.6 Å². The number of nitrogens with one attached hydrogen (secondary N) is 1. The number of halogens is 1. The lowest BCUT2D eigenvalue weighted by atomic mass is 10.0. The van der Waals surface area contributed by atoms with E-state index in [1.165, 1.54) is 6.33 Å². The first-order chi connectivity index (χ1) is 12.6. The molecule has 1 saturated heterocycles. The van der Waals surface area contributed by atoms with E-state index in [9.17, 15) is 15.4 Å². The van der Waals surface area contributed by atoms with E-state index in [0.29, 0.717) is 16.6 Å². The van der Waals surface area contributed by atoms with E-state index >= 15 is 0 Å². The van der Waals surface area contributed by atoms with Crippen LogP contribution in [0, 0.1) is 11.5 Å². The van der Waals surface area contributed by atoms with Crippen molar-refractivity contribution in [3.63, 3.8) is 0 Å². The smallest absolute Gasteiger partial charge is 0.163 e. The van der Waals surface area contributed by atoms with Crippen LogP contribution in [0.3, 0.4) is 0 Å². The molecule has 8 nitrogen and oxygen atoms in total. The van der Waals surface area contributed by atoms with Crippen LogP contribution in [0.15, 0.2) is 12.5 Å². The van der Waals surface area contributed by atoms with Crippen molar-refractivity contribution in [3.8, 4) is 11.5 Å². The molecule has 0 saturated carbocycles. The van der Waals surface area contributed by atoms with E-state index in [1.54, 1.807) is 17.7 Å². The molecular weight excluding hydrogens is 388 g/mol. The SMILES string of the molecule is C[C@@]1(Cl)C(O)C(CO)O[C@H]1n1cc(C#C[Si](C)(C)C)c2c(NO)ncnc21. The van der Waals surface area contributed by atoms with Gasteiger partial charge in [-0.3, -0.25) is 10.7 Å². The number of ether oxygens (including phenoxy) is 1. The van der Waals surface area contributed by atoms with Crippen molar-refractivity contribution in [3.05, 3.63) is 18.1 Å². The van der Waals surface area contributed by atoms with Crippen molar-refractivity contribution in [2.75, 3.05) is 12.1 Å². The van der Waals surface area contributed by atoms with Crippen LogP contribution in [0.5, 0.6) is 0 Å². The second-order valence-corrected chi connectivity index (χ2v) is 13.4. The van der Waals surface area contributed by atoms with Crippen LogP contribution < -0.4 is 5.48 Å². The molecule has 0 radical (unpaired) electrons. The van der Waals surface area contributed by atoms with Gasteiger partial charge in [-0.25, -0.2) is 9.97 Å². The van der Waals surface area contributed by atoms with E-state index < -0.39 is 31.4 Å². The minimum absolute atomic E-state index is 0.215. The van der Waals surface area contributed by atoms with Crippen LogP contribution in [0.2, 0.25) is 19.6 Å². The van der Waals surface area contributed by atoms with Gasteiger partial charge in [0.25, 0.3) is 0 Å². The number of hydrogen-bond acceptors (Lipinski definition) is 7. The Morgan fingerprint density at radius 1 is 1.41 bits per heavy atom. The molecule has 0 aromatic carbocycles. The summed E-state index contributed by atoms with van der Waals surface area (Å²) < 4.78 is 7.48. The summed E-state index contributed by atoms with van der Waals surface area (Å²) in [5, 5.41) is 29.9. The van der Waals surface area contributed by atoms with E-state index in [1.807, 2.05) is 0 Å². The van der Waals surface area contributed by atoms with Gasteiger partial charge in [0, 0.05) is 6.20 Å². The number of hydrogen-bond donors (Lipinski definition) is 4. The Balaban J connectivity index is 2.21. The molecule has 27 heavy (non-hydrogen) atoms. The summed E-state index contributed by atoms with van der Waals surface area (Å²) in [5.41, 5.74) is 6.42. The molecule has 4 N–H and O–H groups in total. The highest BCUT2D eigenvalue weighted by molar-refractivity contribution is 6.83. The van der Waals surface area contributed by atoms with Gasteiger partial charge < -0.3 is 19.5 Å².